The van der Waals surface area contributed by atoms with E-state index < -0.39 is 0 Å². The van der Waals surface area contributed by atoms with E-state index in [2.05, 4.69) is 15.2 Å². The first-order valence-corrected chi connectivity index (χ1v) is 4.77. The summed E-state index contributed by atoms with van der Waals surface area (Å²) in [6.07, 6.45) is 3.16. The quantitative estimate of drug-likeness (QED) is 0.761. The van der Waals surface area contributed by atoms with E-state index in [1.165, 1.54) is 0 Å². The van der Waals surface area contributed by atoms with Gasteiger partial charge in [0.05, 0.1) is 18.4 Å². The third-order valence-corrected chi connectivity index (χ3v) is 1.91. The molecule has 0 aliphatic heterocycles. The lowest BCUT2D eigenvalue weighted by Gasteiger charge is -2.07. The molecule has 0 bridgehead atoms. The average Bonchev–Trinajstić information content (AvgIpc) is 2.31. The molecule has 0 atom stereocenters. The zero-order valence-corrected chi connectivity index (χ0v) is 8.42. The normalized spacial score (nSPS) is 9.93. The van der Waals surface area contributed by atoms with Crippen LogP contribution in [0.2, 0.25) is 0 Å². The molecular formula is C11H11N3O. The van der Waals surface area contributed by atoms with E-state index in [1.54, 1.807) is 12.4 Å². The van der Waals surface area contributed by atoms with Crippen molar-refractivity contribution in [1.29, 1.82) is 0 Å². The van der Waals surface area contributed by atoms with Crippen molar-refractivity contribution >= 4 is 0 Å². The number of hydrogen-bond donors (Lipinski definition) is 0. The van der Waals surface area contributed by atoms with Crippen LogP contribution in [0.15, 0.2) is 36.7 Å². The van der Waals surface area contributed by atoms with Crippen LogP contribution in [0.4, 0.5) is 0 Å². The molecule has 0 N–H and O–H groups in total. The summed E-state index contributed by atoms with van der Waals surface area (Å²) >= 11 is 0. The van der Waals surface area contributed by atoms with Crippen LogP contribution in [0.5, 0.6) is 5.75 Å². The van der Waals surface area contributed by atoms with Gasteiger partial charge in [-0.1, -0.05) is 12.1 Å². The van der Waals surface area contributed by atoms with Crippen LogP contribution in [-0.4, -0.2) is 21.8 Å². The van der Waals surface area contributed by atoms with E-state index in [0.29, 0.717) is 12.4 Å². The number of aromatic nitrogens is 3. The molecule has 0 radical (unpaired) electrons. The highest BCUT2D eigenvalue weighted by Crippen LogP contribution is 2.25. The third-order valence-electron chi connectivity index (χ3n) is 1.91. The maximum absolute atomic E-state index is 5.48. The summed E-state index contributed by atoms with van der Waals surface area (Å²) < 4.78 is 5.48. The van der Waals surface area contributed by atoms with Gasteiger partial charge in [-0.25, -0.2) is 4.98 Å². The van der Waals surface area contributed by atoms with Crippen LogP contribution in [0, 0.1) is 0 Å². The van der Waals surface area contributed by atoms with E-state index >= 15 is 0 Å². The van der Waals surface area contributed by atoms with Gasteiger partial charge in [0.2, 0.25) is 0 Å². The highest BCUT2D eigenvalue weighted by molar-refractivity contribution is 5.63. The molecule has 76 valence electrons. The Balaban J connectivity index is 2.43. The highest BCUT2D eigenvalue weighted by Gasteiger charge is 2.07. The molecule has 0 amide bonds. The largest absolute Gasteiger partial charge is 0.493 e. The molecule has 4 nitrogen and oxygen atoms in total. The van der Waals surface area contributed by atoms with Crippen LogP contribution in [0.25, 0.3) is 11.4 Å². The van der Waals surface area contributed by atoms with Gasteiger partial charge in [0, 0.05) is 6.20 Å². The molecule has 2 rings (SSSR count). The Morgan fingerprint density at radius 1 is 1.20 bits per heavy atom. The molecule has 0 aliphatic carbocycles. The van der Waals surface area contributed by atoms with Crippen LogP contribution in [0.1, 0.15) is 6.92 Å². The molecule has 0 spiro atoms. The van der Waals surface area contributed by atoms with Crippen LogP contribution in [-0.2, 0) is 0 Å². The van der Waals surface area contributed by atoms with E-state index in [-0.39, 0.29) is 0 Å². The number of benzene rings is 1. The second kappa shape index (κ2) is 4.50. The van der Waals surface area contributed by atoms with Crippen LogP contribution in [0.3, 0.4) is 0 Å². The molecule has 0 aliphatic rings. The third kappa shape index (κ3) is 2.10. The lowest BCUT2D eigenvalue weighted by Crippen LogP contribution is -1.96. The van der Waals surface area contributed by atoms with Crippen molar-refractivity contribution in [2.45, 2.75) is 6.92 Å². The summed E-state index contributed by atoms with van der Waals surface area (Å²) in [5, 5.41) is 7.75. The van der Waals surface area contributed by atoms with Crippen LogP contribution < -0.4 is 4.74 Å². The summed E-state index contributed by atoms with van der Waals surface area (Å²) in [5.41, 5.74) is 0.868. The van der Waals surface area contributed by atoms with E-state index in [9.17, 15) is 0 Å². The summed E-state index contributed by atoms with van der Waals surface area (Å²) in [7, 11) is 0. The molecule has 1 aromatic heterocycles. The number of nitrogens with zero attached hydrogens (tertiary/aromatic N) is 3. The lowest BCUT2D eigenvalue weighted by atomic mass is 10.2. The van der Waals surface area contributed by atoms with Gasteiger partial charge in [0.25, 0.3) is 0 Å². The van der Waals surface area contributed by atoms with Gasteiger partial charge in [0.1, 0.15) is 5.75 Å². The fourth-order valence-electron chi connectivity index (χ4n) is 1.30. The molecule has 0 saturated heterocycles. The number of hydrogen-bond acceptors (Lipinski definition) is 4. The average molecular weight is 201 g/mol. The Hall–Kier alpha value is -1.97. The molecule has 0 unspecified atom stereocenters. The summed E-state index contributed by atoms with van der Waals surface area (Å²) in [4.78, 5) is 4.14. The van der Waals surface area contributed by atoms with E-state index in [1.807, 2.05) is 31.2 Å². The summed E-state index contributed by atoms with van der Waals surface area (Å²) in [6.45, 7) is 2.57. The van der Waals surface area contributed by atoms with Gasteiger partial charge < -0.3 is 4.74 Å². The van der Waals surface area contributed by atoms with E-state index in [4.69, 9.17) is 4.74 Å². The minimum absolute atomic E-state index is 0.585. The number of rotatable bonds is 3. The molecule has 0 fully saturated rings. The Bertz CT molecular complexity index is 431. The fraction of sp³-hybridized carbons (Fsp3) is 0.182. The number of ether oxygens (including phenoxy) is 1. The molecular weight excluding hydrogens is 190 g/mol. The molecule has 1 heterocycles. The topological polar surface area (TPSA) is 47.9 Å². The second-order valence-electron chi connectivity index (χ2n) is 2.90. The van der Waals surface area contributed by atoms with Crippen molar-refractivity contribution in [3.8, 4) is 17.1 Å². The van der Waals surface area contributed by atoms with Crippen molar-refractivity contribution in [3.63, 3.8) is 0 Å². The predicted octanol–water partition coefficient (Wildman–Crippen LogP) is 1.94. The fourth-order valence-corrected chi connectivity index (χ4v) is 1.30. The predicted molar refractivity (Wildman–Crippen MR) is 56.4 cm³/mol. The minimum Gasteiger partial charge on any atom is -0.493 e. The zero-order chi connectivity index (χ0) is 10.5. The molecule has 4 heteroatoms. The smallest absolute Gasteiger partial charge is 0.185 e. The van der Waals surface area contributed by atoms with Crippen molar-refractivity contribution in [1.82, 2.24) is 15.2 Å². The maximum Gasteiger partial charge on any atom is 0.185 e. The monoisotopic (exact) mass is 201 g/mol. The summed E-state index contributed by atoms with van der Waals surface area (Å²) in [5.74, 6) is 1.37. The van der Waals surface area contributed by atoms with Gasteiger partial charge in [-0.2, -0.15) is 5.10 Å². The summed E-state index contributed by atoms with van der Waals surface area (Å²) in [6, 6.07) is 7.66. The maximum atomic E-state index is 5.48. The first-order chi connectivity index (χ1) is 7.42. The van der Waals surface area contributed by atoms with Crippen LogP contribution >= 0.6 is 0 Å². The van der Waals surface area contributed by atoms with Gasteiger partial charge in [0.15, 0.2) is 5.82 Å². The SMILES string of the molecule is CCOc1ccccc1-c1nccnn1. The van der Waals surface area contributed by atoms with E-state index in [0.717, 1.165) is 11.3 Å². The van der Waals surface area contributed by atoms with Crippen molar-refractivity contribution in [2.75, 3.05) is 6.61 Å². The first-order valence-electron chi connectivity index (χ1n) is 4.77. The Labute approximate surface area is 88.0 Å². The van der Waals surface area contributed by atoms with Crippen molar-refractivity contribution in [3.05, 3.63) is 36.7 Å². The van der Waals surface area contributed by atoms with Crippen molar-refractivity contribution < 1.29 is 4.74 Å². The molecule has 1 aromatic carbocycles. The molecule has 15 heavy (non-hydrogen) atoms. The standard InChI is InChI=1S/C11H11N3O/c1-2-15-10-6-4-3-5-9(10)11-12-7-8-13-14-11/h3-8H,2H2,1H3. The minimum atomic E-state index is 0.585. The Morgan fingerprint density at radius 2 is 2.07 bits per heavy atom. The zero-order valence-electron chi connectivity index (χ0n) is 8.42. The van der Waals surface area contributed by atoms with Crippen molar-refractivity contribution in [2.24, 2.45) is 0 Å². The van der Waals surface area contributed by atoms with Gasteiger partial charge in [-0.05, 0) is 19.1 Å². The van der Waals surface area contributed by atoms with Gasteiger partial charge >= 0.3 is 0 Å². The second-order valence-corrected chi connectivity index (χ2v) is 2.90. The lowest BCUT2D eigenvalue weighted by molar-refractivity contribution is 0.341. The first kappa shape index (κ1) is 9.58. The van der Waals surface area contributed by atoms with Gasteiger partial charge in [-0.3, -0.25) is 0 Å². The van der Waals surface area contributed by atoms with Gasteiger partial charge in [-0.15, -0.1) is 5.10 Å². The Morgan fingerprint density at radius 3 is 2.80 bits per heavy atom. The highest BCUT2D eigenvalue weighted by atomic mass is 16.5. The number of para-hydroxylation sites is 1. The molecule has 0 saturated carbocycles. The Kier molecular flexibility index (Phi) is 2.88. The molecule has 2 aromatic rings.